The predicted molar refractivity (Wildman–Crippen MR) is 50.0 cm³/mol. The quantitative estimate of drug-likeness (QED) is 0.716. The molecule has 2 rings (SSSR count). The molecule has 0 aliphatic carbocycles. The Morgan fingerprint density at radius 2 is 2.21 bits per heavy atom. The lowest BCUT2D eigenvalue weighted by Crippen LogP contribution is -2.22. The first-order valence-electron chi connectivity index (χ1n) is 4.29. The van der Waals surface area contributed by atoms with E-state index < -0.39 is 6.23 Å². The van der Waals surface area contributed by atoms with Crippen molar-refractivity contribution >= 4 is 5.91 Å². The molecule has 1 atom stereocenters. The number of carbonyl (C=O) groups excluding carboxylic acids is 1. The highest BCUT2D eigenvalue weighted by atomic mass is 16.5. The summed E-state index contributed by atoms with van der Waals surface area (Å²) < 4.78 is 5.09. The predicted octanol–water partition coefficient (Wildman–Crippen LogP) is 0.772. The maximum atomic E-state index is 11.6. The Balaban J connectivity index is 2.63. The summed E-state index contributed by atoms with van der Waals surface area (Å²) in [4.78, 5) is 12.9. The number of rotatable bonds is 1. The molecule has 4 nitrogen and oxygen atoms in total. The van der Waals surface area contributed by atoms with Gasteiger partial charge in [-0.1, -0.05) is 6.07 Å². The lowest BCUT2D eigenvalue weighted by atomic mass is 10.1. The fourth-order valence-electron chi connectivity index (χ4n) is 1.67. The molecular formula is C10H11NO3. The highest BCUT2D eigenvalue weighted by Gasteiger charge is 2.35. The van der Waals surface area contributed by atoms with Crippen molar-refractivity contribution in [3.63, 3.8) is 0 Å². The molecule has 1 amide bonds. The Morgan fingerprint density at radius 1 is 1.50 bits per heavy atom. The summed E-state index contributed by atoms with van der Waals surface area (Å²) in [7, 11) is 3.08. The summed E-state index contributed by atoms with van der Waals surface area (Å²) in [6, 6.07) is 5.16. The summed E-state index contributed by atoms with van der Waals surface area (Å²) in [5, 5.41) is 9.76. The zero-order valence-electron chi connectivity index (χ0n) is 8.02. The minimum atomic E-state index is -0.895. The van der Waals surface area contributed by atoms with Crippen LogP contribution in [0.5, 0.6) is 5.75 Å². The molecular weight excluding hydrogens is 182 g/mol. The van der Waals surface area contributed by atoms with E-state index in [2.05, 4.69) is 0 Å². The van der Waals surface area contributed by atoms with Gasteiger partial charge in [-0.3, -0.25) is 4.79 Å². The monoisotopic (exact) mass is 193 g/mol. The largest absolute Gasteiger partial charge is 0.496 e. The minimum Gasteiger partial charge on any atom is -0.496 e. The number of hydrogen-bond donors (Lipinski definition) is 1. The van der Waals surface area contributed by atoms with Gasteiger partial charge >= 0.3 is 0 Å². The maximum Gasteiger partial charge on any atom is 0.256 e. The molecule has 0 bridgehead atoms. The van der Waals surface area contributed by atoms with Gasteiger partial charge in [-0.25, -0.2) is 0 Å². The molecule has 1 aliphatic rings. The Kier molecular flexibility index (Phi) is 1.93. The van der Waals surface area contributed by atoms with Crippen LogP contribution in [0.15, 0.2) is 18.2 Å². The average molecular weight is 193 g/mol. The van der Waals surface area contributed by atoms with E-state index in [1.165, 1.54) is 12.0 Å². The Labute approximate surface area is 81.7 Å². The van der Waals surface area contributed by atoms with Gasteiger partial charge in [-0.2, -0.15) is 0 Å². The van der Waals surface area contributed by atoms with E-state index in [9.17, 15) is 9.90 Å². The molecule has 1 aliphatic heterocycles. The van der Waals surface area contributed by atoms with E-state index in [-0.39, 0.29) is 5.91 Å². The van der Waals surface area contributed by atoms with Gasteiger partial charge in [-0.15, -0.1) is 0 Å². The van der Waals surface area contributed by atoms with Crippen molar-refractivity contribution in [2.75, 3.05) is 14.2 Å². The molecule has 1 unspecified atom stereocenters. The highest BCUT2D eigenvalue weighted by Crippen LogP contribution is 2.36. The number of fused-ring (bicyclic) bond motifs is 1. The summed E-state index contributed by atoms with van der Waals surface area (Å²) in [6.45, 7) is 0. The molecule has 0 radical (unpaired) electrons. The second-order valence-corrected chi connectivity index (χ2v) is 3.21. The average Bonchev–Trinajstić information content (AvgIpc) is 2.44. The van der Waals surface area contributed by atoms with E-state index in [0.29, 0.717) is 16.9 Å². The standard InChI is InChI=1S/C10H11NO3/c1-11-9(12)6-4-3-5-7(14-2)8(6)10(11)13/h3-5,10,13H,1-2H3. The lowest BCUT2D eigenvalue weighted by Gasteiger charge is -2.15. The van der Waals surface area contributed by atoms with Crippen LogP contribution in [0, 0.1) is 0 Å². The summed E-state index contributed by atoms with van der Waals surface area (Å²) in [5.41, 5.74) is 1.07. The van der Waals surface area contributed by atoms with Gasteiger partial charge in [0, 0.05) is 7.05 Å². The molecule has 0 aromatic heterocycles. The van der Waals surface area contributed by atoms with Gasteiger partial charge in [0.1, 0.15) is 5.75 Å². The number of aliphatic hydroxyl groups is 1. The number of amides is 1. The fraction of sp³-hybridized carbons (Fsp3) is 0.300. The van der Waals surface area contributed by atoms with Gasteiger partial charge in [-0.05, 0) is 12.1 Å². The molecule has 74 valence electrons. The third kappa shape index (κ3) is 1.01. The molecule has 1 aromatic rings. The first kappa shape index (κ1) is 9.02. The fourth-order valence-corrected chi connectivity index (χ4v) is 1.67. The van der Waals surface area contributed by atoms with Crippen molar-refractivity contribution in [3.8, 4) is 5.75 Å². The van der Waals surface area contributed by atoms with E-state index in [1.807, 2.05) is 0 Å². The van der Waals surface area contributed by atoms with E-state index in [0.717, 1.165) is 0 Å². The molecule has 0 saturated heterocycles. The topological polar surface area (TPSA) is 49.8 Å². The molecule has 14 heavy (non-hydrogen) atoms. The van der Waals surface area contributed by atoms with Crippen LogP contribution < -0.4 is 4.74 Å². The van der Waals surface area contributed by atoms with E-state index in [4.69, 9.17) is 4.74 Å². The lowest BCUT2D eigenvalue weighted by molar-refractivity contribution is 0.0293. The number of hydrogen-bond acceptors (Lipinski definition) is 3. The first-order chi connectivity index (χ1) is 6.66. The van der Waals surface area contributed by atoms with Crippen LogP contribution in [0.4, 0.5) is 0 Å². The number of benzene rings is 1. The summed E-state index contributed by atoms with van der Waals surface area (Å²) >= 11 is 0. The zero-order valence-corrected chi connectivity index (χ0v) is 8.02. The summed E-state index contributed by atoms with van der Waals surface area (Å²) in [5.74, 6) is 0.374. The zero-order chi connectivity index (χ0) is 10.3. The van der Waals surface area contributed by atoms with Crippen LogP contribution in [-0.4, -0.2) is 30.1 Å². The van der Waals surface area contributed by atoms with Crippen LogP contribution in [-0.2, 0) is 0 Å². The van der Waals surface area contributed by atoms with Crippen LogP contribution >= 0.6 is 0 Å². The van der Waals surface area contributed by atoms with Crippen LogP contribution in [0.1, 0.15) is 22.1 Å². The number of methoxy groups -OCH3 is 1. The Morgan fingerprint density at radius 3 is 2.86 bits per heavy atom. The third-order valence-corrected chi connectivity index (χ3v) is 2.46. The molecule has 4 heteroatoms. The van der Waals surface area contributed by atoms with Crippen molar-refractivity contribution in [2.24, 2.45) is 0 Å². The maximum absolute atomic E-state index is 11.6. The van der Waals surface area contributed by atoms with Crippen LogP contribution in [0.2, 0.25) is 0 Å². The number of ether oxygens (including phenoxy) is 1. The normalized spacial score (nSPS) is 19.8. The van der Waals surface area contributed by atoms with Crippen molar-refractivity contribution in [2.45, 2.75) is 6.23 Å². The number of aliphatic hydroxyl groups excluding tert-OH is 1. The Hall–Kier alpha value is -1.55. The molecule has 1 N–H and O–H groups in total. The molecule has 0 spiro atoms. The highest BCUT2D eigenvalue weighted by molar-refractivity contribution is 5.99. The molecule has 1 heterocycles. The van der Waals surface area contributed by atoms with Gasteiger partial charge in [0.15, 0.2) is 6.23 Å². The van der Waals surface area contributed by atoms with E-state index in [1.54, 1.807) is 25.2 Å². The van der Waals surface area contributed by atoms with Crippen molar-refractivity contribution in [1.29, 1.82) is 0 Å². The Bertz CT molecular complexity index is 389. The van der Waals surface area contributed by atoms with Crippen molar-refractivity contribution < 1.29 is 14.6 Å². The number of nitrogens with zero attached hydrogens (tertiary/aromatic N) is 1. The van der Waals surface area contributed by atoms with Crippen LogP contribution in [0.3, 0.4) is 0 Å². The smallest absolute Gasteiger partial charge is 0.256 e. The second-order valence-electron chi connectivity index (χ2n) is 3.21. The van der Waals surface area contributed by atoms with Gasteiger partial charge in [0.05, 0.1) is 18.2 Å². The molecule has 0 fully saturated rings. The third-order valence-electron chi connectivity index (χ3n) is 2.46. The first-order valence-corrected chi connectivity index (χ1v) is 4.29. The summed E-state index contributed by atoms with van der Waals surface area (Å²) in [6.07, 6.45) is -0.895. The van der Waals surface area contributed by atoms with Crippen molar-refractivity contribution in [3.05, 3.63) is 29.3 Å². The van der Waals surface area contributed by atoms with E-state index >= 15 is 0 Å². The van der Waals surface area contributed by atoms with Crippen LogP contribution in [0.25, 0.3) is 0 Å². The minimum absolute atomic E-state index is 0.175. The number of carbonyl (C=O) groups is 1. The van der Waals surface area contributed by atoms with Gasteiger partial charge < -0.3 is 14.7 Å². The molecule has 1 aromatic carbocycles. The van der Waals surface area contributed by atoms with Crippen molar-refractivity contribution in [1.82, 2.24) is 4.90 Å². The van der Waals surface area contributed by atoms with Gasteiger partial charge in [0.25, 0.3) is 5.91 Å². The molecule has 0 saturated carbocycles. The van der Waals surface area contributed by atoms with Gasteiger partial charge in [0.2, 0.25) is 0 Å². The second kappa shape index (κ2) is 2.99. The SMILES string of the molecule is COc1cccc2c1C(O)N(C)C2=O.